The van der Waals surface area contributed by atoms with Crippen LogP contribution in [-0.4, -0.2) is 28.3 Å². The van der Waals surface area contributed by atoms with Crippen LogP contribution in [0.3, 0.4) is 0 Å². The fraction of sp³-hybridized carbons (Fsp3) is 0.316. The Hall–Kier alpha value is -2.69. The zero-order chi connectivity index (χ0) is 17.1. The van der Waals surface area contributed by atoms with Crippen LogP contribution in [0.15, 0.2) is 48.5 Å². The molecular formula is C19H20N2O3. The highest BCUT2D eigenvalue weighted by Crippen LogP contribution is 2.27. The van der Waals surface area contributed by atoms with Crippen molar-refractivity contribution in [1.82, 2.24) is 4.90 Å². The normalized spacial score (nSPS) is 17.0. The topological polar surface area (TPSA) is 63.5 Å². The third kappa shape index (κ3) is 3.15. The summed E-state index contributed by atoms with van der Waals surface area (Å²) in [6, 6.07) is 15.0. The van der Waals surface area contributed by atoms with Gasteiger partial charge in [0.25, 0.3) is 11.6 Å². The average Bonchev–Trinajstić information content (AvgIpc) is 3.03. The minimum atomic E-state index is -0.433. The lowest BCUT2D eigenvalue weighted by atomic mass is 10.0. The molecule has 0 bridgehead atoms. The number of rotatable bonds is 4. The Morgan fingerprint density at radius 1 is 1.21 bits per heavy atom. The molecule has 0 radical (unpaired) electrons. The quantitative estimate of drug-likeness (QED) is 0.635. The van der Waals surface area contributed by atoms with Gasteiger partial charge in [0, 0.05) is 29.8 Å². The fourth-order valence-electron chi connectivity index (χ4n) is 3.41. The predicted octanol–water partition coefficient (Wildman–Crippen LogP) is 3.75. The second-order valence-electron chi connectivity index (χ2n) is 6.19. The summed E-state index contributed by atoms with van der Waals surface area (Å²) in [5.41, 5.74) is 2.08. The summed E-state index contributed by atoms with van der Waals surface area (Å²) in [6.07, 6.45) is 2.76. The zero-order valence-corrected chi connectivity index (χ0v) is 13.6. The molecule has 1 heterocycles. The highest BCUT2D eigenvalue weighted by Gasteiger charge is 2.31. The maximum atomic E-state index is 12.9. The number of nitro benzene ring substituents is 1. The van der Waals surface area contributed by atoms with Crippen molar-refractivity contribution in [2.45, 2.75) is 32.2 Å². The van der Waals surface area contributed by atoms with E-state index in [4.69, 9.17) is 0 Å². The minimum absolute atomic E-state index is 0.000318. The van der Waals surface area contributed by atoms with E-state index in [1.165, 1.54) is 11.6 Å². The van der Waals surface area contributed by atoms with Gasteiger partial charge in [0.1, 0.15) is 0 Å². The maximum Gasteiger partial charge on any atom is 0.273 e. The van der Waals surface area contributed by atoms with Crippen LogP contribution in [0.4, 0.5) is 5.69 Å². The van der Waals surface area contributed by atoms with Crippen LogP contribution < -0.4 is 0 Å². The molecule has 0 N–H and O–H groups in total. The SMILES string of the molecule is Cc1c(C(=O)N2CCCC2Cc2ccccc2)cccc1[N+](=O)[O-]. The lowest BCUT2D eigenvalue weighted by molar-refractivity contribution is -0.385. The molecule has 5 heteroatoms. The van der Waals surface area contributed by atoms with E-state index in [0.717, 1.165) is 19.3 Å². The summed E-state index contributed by atoms with van der Waals surface area (Å²) < 4.78 is 0. The van der Waals surface area contributed by atoms with Gasteiger partial charge in [0.05, 0.1) is 4.92 Å². The van der Waals surface area contributed by atoms with Crippen LogP contribution >= 0.6 is 0 Å². The summed E-state index contributed by atoms with van der Waals surface area (Å²) in [7, 11) is 0. The Bertz CT molecular complexity index is 758. The summed E-state index contributed by atoms with van der Waals surface area (Å²) in [6.45, 7) is 2.35. The summed E-state index contributed by atoms with van der Waals surface area (Å²) in [4.78, 5) is 25.5. The Balaban J connectivity index is 1.84. The van der Waals surface area contributed by atoms with Crippen LogP contribution in [0, 0.1) is 17.0 Å². The van der Waals surface area contributed by atoms with Gasteiger partial charge in [-0.3, -0.25) is 14.9 Å². The van der Waals surface area contributed by atoms with E-state index >= 15 is 0 Å². The molecule has 0 spiro atoms. The number of benzene rings is 2. The van der Waals surface area contributed by atoms with Gasteiger partial charge < -0.3 is 4.90 Å². The first-order valence-electron chi connectivity index (χ1n) is 8.17. The Morgan fingerprint density at radius 2 is 1.96 bits per heavy atom. The number of carbonyl (C=O) groups excluding carboxylic acids is 1. The molecule has 24 heavy (non-hydrogen) atoms. The number of carbonyl (C=O) groups is 1. The Kier molecular flexibility index (Phi) is 4.60. The molecule has 2 aromatic rings. The molecule has 5 nitrogen and oxygen atoms in total. The van der Waals surface area contributed by atoms with Crippen molar-refractivity contribution in [3.8, 4) is 0 Å². The number of nitro groups is 1. The van der Waals surface area contributed by atoms with Crippen LogP contribution in [0.25, 0.3) is 0 Å². The average molecular weight is 324 g/mol. The third-order valence-electron chi connectivity index (χ3n) is 4.68. The second-order valence-corrected chi connectivity index (χ2v) is 6.19. The van der Waals surface area contributed by atoms with E-state index in [1.54, 1.807) is 19.1 Å². The van der Waals surface area contributed by atoms with Gasteiger partial charge in [0.2, 0.25) is 0 Å². The minimum Gasteiger partial charge on any atom is -0.335 e. The monoisotopic (exact) mass is 324 g/mol. The van der Waals surface area contributed by atoms with Gasteiger partial charge in [-0.25, -0.2) is 0 Å². The van der Waals surface area contributed by atoms with Crippen molar-refractivity contribution in [1.29, 1.82) is 0 Å². The predicted molar refractivity (Wildman–Crippen MR) is 92.0 cm³/mol. The van der Waals surface area contributed by atoms with Gasteiger partial charge in [-0.05, 0) is 37.8 Å². The number of nitrogens with zero attached hydrogens (tertiary/aromatic N) is 2. The van der Waals surface area contributed by atoms with Gasteiger partial charge in [-0.15, -0.1) is 0 Å². The first-order valence-corrected chi connectivity index (χ1v) is 8.17. The lowest BCUT2D eigenvalue weighted by Crippen LogP contribution is -2.37. The highest BCUT2D eigenvalue weighted by molar-refractivity contribution is 5.97. The Morgan fingerprint density at radius 3 is 2.67 bits per heavy atom. The van der Waals surface area contributed by atoms with E-state index in [9.17, 15) is 14.9 Å². The van der Waals surface area contributed by atoms with Gasteiger partial charge in [0.15, 0.2) is 0 Å². The van der Waals surface area contributed by atoms with Crippen LogP contribution in [0.5, 0.6) is 0 Å². The molecule has 2 aromatic carbocycles. The van der Waals surface area contributed by atoms with E-state index in [2.05, 4.69) is 12.1 Å². The molecule has 0 aromatic heterocycles. The van der Waals surface area contributed by atoms with Crippen molar-refractivity contribution in [3.63, 3.8) is 0 Å². The largest absolute Gasteiger partial charge is 0.335 e. The van der Waals surface area contributed by atoms with Crippen LogP contribution in [-0.2, 0) is 6.42 Å². The molecule has 1 fully saturated rings. The van der Waals surface area contributed by atoms with Crippen molar-refractivity contribution < 1.29 is 9.72 Å². The molecule has 3 rings (SSSR count). The zero-order valence-electron chi connectivity index (χ0n) is 13.6. The molecule has 0 saturated carbocycles. The van der Waals surface area contributed by atoms with Gasteiger partial charge in [-0.2, -0.15) is 0 Å². The molecule has 1 atom stereocenters. The maximum absolute atomic E-state index is 12.9. The first-order chi connectivity index (χ1) is 11.6. The molecule has 1 aliphatic heterocycles. The summed E-state index contributed by atoms with van der Waals surface area (Å²) >= 11 is 0. The number of hydrogen-bond donors (Lipinski definition) is 0. The fourth-order valence-corrected chi connectivity index (χ4v) is 3.41. The van der Waals surface area contributed by atoms with Crippen molar-refractivity contribution in [2.24, 2.45) is 0 Å². The van der Waals surface area contributed by atoms with Gasteiger partial charge >= 0.3 is 0 Å². The van der Waals surface area contributed by atoms with E-state index in [0.29, 0.717) is 17.7 Å². The van der Waals surface area contributed by atoms with Crippen LogP contribution in [0.2, 0.25) is 0 Å². The molecule has 1 saturated heterocycles. The second kappa shape index (κ2) is 6.83. The Labute approximate surface area is 141 Å². The summed E-state index contributed by atoms with van der Waals surface area (Å²) in [5, 5.41) is 11.1. The van der Waals surface area contributed by atoms with Crippen molar-refractivity contribution >= 4 is 11.6 Å². The molecule has 1 unspecified atom stereocenters. The molecule has 1 amide bonds. The van der Waals surface area contributed by atoms with Gasteiger partial charge in [-0.1, -0.05) is 36.4 Å². The standard InChI is InChI=1S/C19H20N2O3/c1-14-17(10-5-11-18(14)21(23)24)19(22)20-12-6-9-16(20)13-15-7-3-2-4-8-15/h2-5,7-8,10-11,16H,6,9,12-13H2,1H3. The van der Waals surface area contributed by atoms with E-state index in [-0.39, 0.29) is 17.6 Å². The first kappa shape index (κ1) is 16.2. The third-order valence-corrected chi connectivity index (χ3v) is 4.68. The number of hydrogen-bond acceptors (Lipinski definition) is 3. The molecule has 124 valence electrons. The molecule has 0 aliphatic carbocycles. The summed E-state index contributed by atoms with van der Waals surface area (Å²) in [5.74, 6) is -0.102. The molecule has 1 aliphatic rings. The smallest absolute Gasteiger partial charge is 0.273 e. The van der Waals surface area contributed by atoms with E-state index < -0.39 is 4.92 Å². The van der Waals surface area contributed by atoms with Crippen LogP contribution in [0.1, 0.15) is 34.3 Å². The molecular weight excluding hydrogens is 304 g/mol. The number of likely N-dealkylation sites (tertiary alicyclic amines) is 1. The van der Waals surface area contributed by atoms with Crippen molar-refractivity contribution in [2.75, 3.05) is 6.54 Å². The van der Waals surface area contributed by atoms with E-state index in [1.807, 2.05) is 23.1 Å². The number of amides is 1. The lowest BCUT2D eigenvalue weighted by Gasteiger charge is -2.25. The van der Waals surface area contributed by atoms with Crippen molar-refractivity contribution in [3.05, 3.63) is 75.3 Å². The highest BCUT2D eigenvalue weighted by atomic mass is 16.6.